The zero-order valence-corrected chi connectivity index (χ0v) is 17.8. The van der Waals surface area contributed by atoms with E-state index < -0.39 is 43.2 Å². The molecule has 3 heterocycles. The van der Waals surface area contributed by atoms with Crippen LogP contribution in [0.3, 0.4) is 0 Å². The molecule has 12 heteroatoms. The number of rotatable bonds is 8. The predicted molar refractivity (Wildman–Crippen MR) is 114 cm³/mol. The van der Waals surface area contributed by atoms with Gasteiger partial charge in [0.25, 0.3) is 0 Å². The molecule has 1 saturated heterocycles. The molecule has 0 spiro atoms. The highest BCUT2D eigenvalue weighted by molar-refractivity contribution is 5.86. The summed E-state index contributed by atoms with van der Waals surface area (Å²) in [5.74, 6) is -0.102. The number of aromatic nitrogens is 4. The Hall–Kier alpha value is -3.32. The molecule has 1 aliphatic rings. The minimum atomic E-state index is -1.30. The number of aromatic hydroxyl groups is 1. The predicted octanol–water partition coefficient (Wildman–Crippen LogP) is -0.270. The number of carbonyl (C=O) groups excluding carboxylic acids is 1. The van der Waals surface area contributed by atoms with E-state index in [1.54, 1.807) is 19.1 Å². The average molecular weight is 459 g/mol. The Morgan fingerprint density at radius 2 is 1.97 bits per heavy atom. The third-order valence-corrected chi connectivity index (χ3v) is 5.41. The first-order chi connectivity index (χ1) is 15.9. The number of aliphatic hydroxyl groups is 3. The zero-order chi connectivity index (χ0) is 23.5. The quantitative estimate of drug-likeness (QED) is 0.281. The van der Waals surface area contributed by atoms with Gasteiger partial charge in [-0.3, -0.25) is 4.57 Å². The largest absolute Gasteiger partial charge is 0.508 e. The monoisotopic (exact) mass is 459 g/mol. The number of hydrogen-bond donors (Lipinski definition) is 5. The molecule has 33 heavy (non-hydrogen) atoms. The SMILES string of the molecule is CCOC(=O)[C@@H](Cc1ccc(O)cc1)Nc1ncnc2c1ncn2[C@@H]1O[C@H](CO)C(O)C1O. The summed E-state index contributed by atoms with van der Waals surface area (Å²) in [4.78, 5) is 25.3. The Morgan fingerprint density at radius 3 is 2.64 bits per heavy atom. The smallest absolute Gasteiger partial charge is 0.328 e. The van der Waals surface area contributed by atoms with Crippen molar-refractivity contribution in [3.63, 3.8) is 0 Å². The molecule has 4 rings (SSSR count). The van der Waals surface area contributed by atoms with Crippen LogP contribution in [0, 0.1) is 0 Å². The third-order valence-electron chi connectivity index (χ3n) is 5.41. The first-order valence-corrected chi connectivity index (χ1v) is 10.4. The molecule has 2 unspecified atom stereocenters. The Labute approximate surface area is 188 Å². The Balaban J connectivity index is 1.62. The van der Waals surface area contributed by atoms with E-state index in [4.69, 9.17) is 9.47 Å². The summed E-state index contributed by atoms with van der Waals surface area (Å²) in [6, 6.07) is 5.67. The highest BCUT2D eigenvalue weighted by Crippen LogP contribution is 2.32. The number of ether oxygens (including phenoxy) is 2. The van der Waals surface area contributed by atoms with Gasteiger partial charge in [0.15, 0.2) is 23.2 Å². The Kier molecular flexibility index (Phi) is 6.70. The number of nitrogens with zero attached hydrogens (tertiary/aromatic N) is 4. The summed E-state index contributed by atoms with van der Waals surface area (Å²) >= 11 is 0. The van der Waals surface area contributed by atoms with Crippen molar-refractivity contribution in [2.24, 2.45) is 0 Å². The normalized spacial score (nSPS) is 23.5. The van der Waals surface area contributed by atoms with Crippen molar-refractivity contribution in [3.8, 4) is 5.75 Å². The summed E-state index contributed by atoms with van der Waals surface area (Å²) in [5.41, 5.74) is 1.41. The van der Waals surface area contributed by atoms with Crippen molar-refractivity contribution in [1.82, 2.24) is 19.5 Å². The van der Waals surface area contributed by atoms with Crippen LogP contribution in [0.1, 0.15) is 18.7 Å². The van der Waals surface area contributed by atoms with Crippen LogP contribution in [-0.4, -0.2) is 83.5 Å². The van der Waals surface area contributed by atoms with Crippen LogP contribution in [0.25, 0.3) is 11.2 Å². The van der Waals surface area contributed by atoms with Crippen LogP contribution in [-0.2, 0) is 20.7 Å². The number of fused-ring (bicyclic) bond motifs is 1. The number of benzene rings is 1. The van der Waals surface area contributed by atoms with Gasteiger partial charge in [-0.25, -0.2) is 19.7 Å². The number of hydrogen-bond acceptors (Lipinski definition) is 11. The zero-order valence-electron chi connectivity index (χ0n) is 17.8. The van der Waals surface area contributed by atoms with Gasteiger partial charge in [-0.2, -0.15) is 0 Å². The van der Waals surface area contributed by atoms with Gasteiger partial charge in [0, 0.05) is 6.42 Å². The number of aliphatic hydroxyl groups excluding tert-OH is 3. The molecule has 0 bridgehead atoms. The summed E-state index contributed by atoms with van der Waals surface area (Å²) in [5, 5.41) is 42.3. The standard InChI is InChI=1S/C21H25N5O7/c1-2-32-21(31)13(7-11-3-5-12(28)6-4-11)25-18-15-19(23-9-22-18)26(10-24-15)20-17(30)16(29)14(8-27)33-20/h3-6,9-10,13-14,16-17,20,27-30H,2,7-8H2,1H3,(H,22,23,25)/t13-,14-,16?,17?,20-/m1/s1. The topological polar surface area (TPSA) is 172 Å². The van der Waals surface area contributed by atoms with Crippen molar-refractivity contribution >= 4 is 23.0 Å². The maximum Gasteiger partial charge on any atom is 0.328 e. The maximum absolute atomic E-state index is 12.6. The molecule has 0 radical (unpaired) electrons. The fourth-order valence-corrected chi connectivity index (χ4v) is 3.72. The molecule has 0 amide bonds. The molecule has 2 aromatic heterocycles. The average Bonchev–Trinajstić information content (AvgIpc) is 3.36. The summed E-state index contributed by atoms with van der Waals surface area (Å²) in [6.45, 7) is 1.45. The second-order valence-corrected chi connectivity index (χ2v) is 7.59. The minimum absolute atomic E-state index is 0.118. The lowest BCUT2D eigenvalue weighted by Crippen LogP contribution is -2.34. The molecule has 1 aliphatic heterocycles. The molecular weight excluding hydrogens is 434 g/mol. The van der Waals surface area contributed by atoms with Gasteiger partial charge in [0.1, 0.15) is 36.4 Å². The first kappa shape index (κ1) is 22.9. The van der Waals surface area contributed by atoms with Crippen LogP contribution in [0.2, 0.25) is 0 Å². The molecule has 12 nitrogen and oxygen atoms in total. The van der Waals surface area contributed by atoms with Gasteiger partial charge in [-0.15, -0.1) is 0 Å². The van der Waals surface area contributed by atoms with Crippen LogP contribution in [0.4, 0.5) is 5.82 Å². The fraction of sp³-hybridized carbons (Fsp3) is 0.429. The number of carbonyl (C=O) groups is 1. The summed E-state index contributed by atoms with van der Waals surface area (Å²) in [7, 11) is 0. The van der Waals surface area contributed by atoms with E-state index in [9.17, 15) is 25.2 Å². The van der Waals surface area contributed by atoms with Gasteiger partial charge in [-0.1, -0.05) is 12.1 Å². The molecule has 1 fully saturated rings. The van der Waals surface area contributed by atoms with Crippen molar-refractivity contribution in [1.29, 1.82) is 0 Å². The molecule has 1 aromatic carbocycles. The molecule has 3 aromatic rings. The van der Waals surface area contributed by atoms with Crippen molar-refractivity contribution < 1.29 is 34.7 Å². The number of nitrogens with one attached hydrogen (secondary N) is 1. The number of phenols is 1. The summed E-state index contributed by atoms with van der Waals surface area (Å²) in [6.07, 6.45) is -1.61. The highest BCUT2D eigenvalue weighted by Gasteiger charge is 2.44. The van der Waals surface area contributed by atoms with Crippen LogP contribution in [0.15, 0.2) is 36.9 Å². The van der Waals surface area contributed by atoms with Crippen molar-refractivity contribution in [2.75, 3.05) is 18.5 Å². The van der Waals surface area contributed by atoms with E-state index in [1.165, 1.54) is 29.4 Å². The molecule has 176 valence electrons. The van der Waals surface area contributed by atoms with Crippen LogP contribution in [0.5, 0.6) is 5.75 Å². The second-order valence-electron chi connectivity index (χ2n) is 7.59. The Bertz CT molecular complexity index is 1110. The van der Waals surface area contributed by atoms with Gasteiger partial charge >= 0.3 is 5.97 Å². The second kappa shape index (κ2) is 9.67. The van der Waals surface area contributed by atoms with E-state index in [0.717, 1.165) is 5.56 Å². The van der Waals surface area contributed by atoms with Crippen molar-refractivity contribution in [2.45, 2.75) is 43.9 Å². The van der Waals surface area contributed by atoms with Gasteiger partial charge < -0.3 is 35.2 Å². The number of esters is 1. The molecular formula is C21H25N5O7. The van der Waals surface area contributed by atoms with E-state index >= 15 is 0 Å². The lowest BCUT2D eigenvalue weighted by atomic mass is 10.1. The fourth-order valence-electron chi connectivity index (χ4n) is 3.72. The third kappa shape index (κ3) is 4.59. The van der Waals surface area contributed by atoms with E-state index in [-0.39, 0.29) is 24.6 Å². The number of anilines is 1. The Morgan fingerprint density at radius 1 is 1.21 bits per heavy atom. The summed E-state index contributed by atoms with van der Waals surface area (Å²) < 4.78 is 12.2. The van der Waals surface area contributed by atoms with Gasteiger partial charge in [0.2, 0.25) is 0 Å². The maximum atomic E-state index is 12.6. The van der Waals surface area contributed by atoms with E-state index in [2.05, 4.69) is 20.3 Å². The van der Waals surface area contributed by atoms with Crippen LogP contribution >= 0.6 is 0 Å². The molecule has 0 saturated carbocycles. The van der Waals surface area contributed by atoms with Crippen LogP contribution < -0.4 is 5.32 Å². The molecule has 5 atom stereocenters. The van der Waals surface area contributed by atoms with Gasteiger partial charge in [0.05, 0.1) is 19.5 Å². The van der Waals surface area contributed by atoms with Gasteiger partial charge in [-0.05, 0) is 24.6 Å². The highest BCUT2D eigenvalue weighted by atomic mass is 16.6. The number of imidazole rings is 1. The van der Waals surface area contributed by atoms with E-state index in [0.29, 0.717) is 11.2 Å². The van der Waals surface area contributed by atoms with Crippen molar-refractivity contribution in [3.05, 3.63) is 42.5 Å². The minimum Gasteiger partial charge on any atom is -0.508 e. The van der Waals surface area contributed by atoms with E-state index in [1.807, 2.05) is 0 Å². The first-order valence-electron chi connectivity index (χ1n) is 10.4. The molecule has 0 aliphatic carbocycles. The lowest BCUT2D eigenvalue weighted by molar-refractivity contribution is -0.144. The number of phenolic OH excluding ortho intramolecular Hbond substituents is 1. The molecule has 5 N–H and O–H groups in total. The lowest BCUT2D eigenvalue weighted by Gasteiger charge is -2.19.